The Labute approximate surface area is 149 Å². The average molecular weight is 361 g/mol. The smallest absolute Gasteiger partial charge is 0.166 e. The van der Waals surface area contributed by atoms with Crippen molar-refractivity contribution in [2.24, 2.45) is 0 Å². The molecule has 130 valence electrons. The molecule has 0 bridgehead atoms. The summed E-state index contributed by atoms with van der Waals surface area (Å²) in [6, 6.07) is 3.54. The van der Waals surface area contributed by atoms with Crippen LogP contribution < -0.4 is 9.80 Å². The number of hydrogen-bond acceptors (Lipinski definition) is 5. The van der Waals surface area contributed by atoms with E-state index in [2.05, 4.69) is 24.8 Å². The van der Waals surface area contributed by atoms with Crippen LogP contribution in [0.25, 0.3) is 11.0 Å². The zero-order valence-electron chi connectivity index (χ0n) is 14.0. The van der Waals surface area contributed by atoms with Crippen molar-refractivity contribution in [1.29, 1.82) is 0 Å². The summed E-state index contributed by atoms with van der Waals surface area (Å²) in [7, 11) is 1.86. The van der Waals surface area contributed by atoms with Crippen LogP contribution in [-0.4, -0.2) is 46.1 Å². The highest BCUT2D eigenvalue weighted by molar-refractivity contribution is 6.30. The molecule has 4 rings (SSSR count). The van der Waals surface area contributed by atoms with Crippen LogP contribution in [-0.2, 0) is 0 Å². The molecule has 1 N–H and O–H groups in total. The highest BCUT2D eigenvalue weighted by atomic mass is 35.5. The van der Waals surface area contributed by atoms with E-state index in [-0.39, 0.29) is 17.7 Å². The topological polar surface area (TPSA) is 60.9 Å². The molecule has 8 heteroatoms. The molecule has 3 aromatic heterocycles. The molecule has 3 aromatic rings. The van der Waals surface area contributed by atoms with E-state index in [1.54, 1.807) is 13.3 Å². The molecular weight excluding hydrogens is 343 g/mol. The van der Waals surface area contributed by atoms with Gasteiger partial charge in [-0.2, -0.15) is 0 Å². The van der Waals surface area contributed by atoms with Gasteiger partial charge in [0.15, 0.2) is 11.6 Å². The quantitative estimate of drug-likeness (QED) is 0.727. The number of nitrogens with zero attached hydrogens (tertiary/aromatic N) is 5. The van der Waals surface area contributed by atoms with Gasteiger partial charge < -0.3 is 14.8 Å². The number of H-pyrrole nitrogens is 1. The monoisotopic (exact) mass is 360 g/mol. The molecule has 1 aliphatic heterocycles. The van der Waals surface area contributed by atoms with Crippen molar-refractivity contribution in [1.82, 2.24) is 19.9 Å². The number of aromatic nitrogens is 4. The van der Waals surface area contributed by atoms with Gasteiger partial charge in [-0.1, -0.05) is 11.6 Å². The van der Waals surface area contributed by atoms with E-state index in [1.807, 2.05) is 24.2 Å². The molecular formula is C17H18ClFN6. The zero-order chi connectivity index (χ0) is 17.6. The SMILES string of the molecule is Cc1cc(F)c(N(C)[C@@H]2CCN(c3ncnc4[nH]ccc34)C2)nc1Cl. The van der Waals surface area contributed by atoms with Gasteiger partial charge in [0.25, 0.3) is 0 Å². The van der Waals surface area contributed by atoms with E-state index in [0.29, 0.717) is 10.7 Å². The Hall–Kier alpha value is -2.41. The van der Waals surface area contributed by atoms with Crippen molar-refractivity contribution in [3.63, 3.8) is 0 Å². The third-order valence-electron chi connectivity index (χ3n) is 4.76. The summed E-state index contributed by atoms with van der Waals surface area (Å²) in [6.45, 7) is 3.32. The molecule has 1 atom stereocenters. The highest BCUT2D eigenvalue weighted by Gasteiger charge is 2.30. The minimum absolute atomic E-state index is 0.129. The normalized spacial score (nSPS) is 17.4. The van der Waals surface area contributed by atoms with Crippen LogP contribution >= 0.6 is 11.6 Å². The number of likely N-dealkylation sites (N-methyl/N-ethyl adjacent to an activating group) is 1. The molecule has 0 spiro atoms. The molecule has 0 saturated carbocycles. The number of halogens is 2. The van der Waals surface area contributed by atoms with Gasteiger partial charge in [0, 0.05) is 32.4 Å². The Balaban J connectivity index is 1.58. The summed E-state index contributed by atoms with van der Waals surface area (Å²) in [5.41, 5.74) is 1.46. The molecule has 1 saturated heterocycles. The molecule has 1 aliphatic rings. The van der Waals surface area contributed by atoms with E-state index in [1.165, 1.54) is 6.07 Å². The Morgan fingerprint density at radius 2 is 2.24 bits per heavy atom. The number of nitrogens with one attached hydrogen (secondary N) is 1. The summed E-state index contributed by atoms with van der Waals surface area (Å²) in [5.74, 6) is 0.840. The zero-order valence-corrected chi connectivity index (χ0v) is 14.8. The molecule has 0 aliphatic carbocycles. The van der Waals surface area contributed by atoms with Crippen molar-refractivity contribution in [2.75, 3.05) is 29.9 Å². The third-order valence-corrected chi connectivity index (χ3v) is 5.15. The lowest BCUT2D eigenvalue weighted by Gasteiger charge is -2.27. The summed E-state index contributed by atoms with van der Waals surface area (Å²) < 4.78 is 14.3. The second-order valence-electron chi connectivity index (χ2n) is 6.34. The Kier molecular flexibility index (Phi) is 3.95. The lowest BCUT2D eigenvalue weighted by Crippen LogP contribution is -2.36. The lowest BCUT2D eigenvalue weighted by atomic mass is 10.2. The van der Waals surface area contributed by atoms with Gasteiger partial charge in [0.1, 0.15) is 22.9 Å². The van der Waals surface area contributed by atoms with Crippen LogP contribution in [0.2, 0.25) is 5.15 Å². The first-order valence-electron chi connectivity index (χ1n) is 8.13. The summed E-state index contributed by atoms with van der Waals surface area (Å²) in [4.78, 5) is 20.1. The fourth-order valence-electron chi connectivity index (χ4n) is 3.33. The maximum absolute atomic E-state index is 14.3. The number of fused-ring (bicyclic) bond motifs is 1. The van der Waals surface area contributed by atoms with Gasteiger partial charge in [-0.3, -0.25) is 0 Å². The highest BCUT2D eigenvalue weighted by Crippen LogP contribution is 2.29. The predicted octanol–water partition coefficient (Wildman–Crippen LogP) is 3.17. The summed E-state index contributed by atoms with van der Waals surface area (Å²) in [6.07, 6.45) is 4.31. The van der Waals surface area contributed by atoms with Crippen LogP contribution in [0.15, 0.2) is 24.7 Å². The lowest BCUT2D eigenvalue weighted by molar-refractivity contribution is 0.595. The van der Waals surface area contributed by atoms with Gasteiger partial charge in [-0.25, -0.2) is 19.3 Å². The number of pyridine rings is 1. The molecule has 1 fully saturated rings. The first-order valence-corrected chi connectivity index (χ1v) is 8.51. The van der Waals surface area contributed by atoms with E-state index in [9.17, 15) is 4.39 Å². The Morgan fingerprint density at radius 1 is 1.40 bits per heavy atom. The summed E-state index contributed by atoms with van der Waals surface area (Å²) >= 11 is 6.08. The molecule has 6 nitrogen and oxygen atoms in total. The number of hydrogen-bond donors (Lipinski definition) is 1. The van der Waals surface area contributed by atoms with Crippen molar-refractivity contribution in [2.45, 2.75) is 19.4 Å². The van der Waals surface area contributed by atoms with Gasteiger partial charge in [0.05, 0.1) is 5.39 Å². The van der Waals surface area contributed by atoms with Crippen LogP contribution in [0.4, 0.5) is 16.0 Å². The number of rotatable bonds is 3. The van der Waals surface area contributed by atoms with E-state index < -0.39 is 0 Å². The molecule has 25 heavy (non-hydrogen) atoms. The maximum Gasteiger partial charge on any atom is 0.166 e. The number of anilines is 2. The van der Waals surface area contributed by atoms with Gasteiger partial charge in [0.2, 0.25) is 0 Å². The first kappa shape index (κ1) is 16.1. The second-order valence-corrected chi connectivity index (χ2v) is 6.70. The van der Waals surface area contributed by atoms with E-state index >= 15 is 0 Å². The molecule has 4 heterocycles. The largest absolute Gasteiger partial charge is 0.354 e. The molecule has 0 amide bonds. The minimum Gasteiger partial charge on any atom is -0.354 e. The van der Waals surface area contributed by atoms with Crippen molar-refractivity contribution in [3.8, 4) is 0 Å². The van der Waals surface area contributed by atoms with E-state index in [0.717, 1.165) is 36.4 Å². The van der Waals surface area contributed by atoms with Gasteiger partial charge in [-0.05, 0) is 31.0 Å². The van der Waals surface area contributed by atoms with Crippen LogP contribution in [0.3, 0.4) is 0 Å². The molecule has 0 aromatic carbocycles. The Morgan fingerprint density at radius 3 is 3.08 bits per heavy atom. The molecule has 0 unspecified atom stereocenters. The standard InChI is InChI=1S/C17H18ClFN6/c1-10-7-13(19)17(23-14(10)18)24(2)11-4-6-25(8-11)16-12-3-5-20-15(12)21-9-22-16/h3,5,7,9,11H,4,6,8H2,1-2H3,(H,20,21,22)/t11-/m1/s1. The fourth-order valence-corrected chi connectivity index (χ4v) is 3.46. The predicted molar refractivity (Wildman–Crippen MR) is 96.9 cm³/mol. The van der Waals surface area contributed by atoms with Crippen LogP contribution in [0, 0.1) is 12.7 Å². The third kappa shape index (κ3) is 2.78. The van der Waals surface area contributed by atoms with E-state index in [4.69, 9.17) is 11.6 Å². The van der Waals surface area contributed by atoms with Gasteiger partial charge in [-0.15, -0.1) is 0 Å². The number of aromatic amines is 1. The van der Waals surface area contributed by atoms with Gasteiger partial charge >= 0.3 is 0 Å². The van der Waals surface area contributed by atoms with Crippen LogP contribution in [0.1, 0.15) is 12.0 Å². The fraction of sp³-hybridized carbons (Fsp3) is 0.353. The Bertz CT molecular complexity index is 927. The molecule has 0 radical (unpaired) electrons. The maximum atomic E-state index is 14.3. The summed E-state index contributed by atoms with van der Waals surface area (Å²) in [5, 5.41) is 1.33. The average Bonchev–Trinajstić information content (AvgIpc) is 3.26. The first-order chi connectivity index (χ1) is 12.0. The van der Waals surface area contributed by atoms with Crippen molar-refractivity contribution in [3.05, 3.63) is 41.2 Å². The van der Waals surface area contributed by atoms with Crippen molar-refractivity contribution >= 4 is 34.3 Å². The second kappa shape index (κ2) is 6.15. The number of aryl methyl sites for hydroxylation is 1. The van der Waals surface area contributed by atoms with Crippen molar-refractivity contribution < 1.29 is 4.39 Å². The van der Waals surface area contributed by atoms with Crippen LogP contribution in [0.5, 0.6) is 0 Å². The minimum atomic E-state index is -0.349.